The first-order valence-corrected chi connectivity index (χ1v) is 22.9. The Bertz CT molecular complexity index is 1540. The summed E-state index contributed by atoms with van der Waals surface area (Å²) in [6.45, 7) is 17.2. The molecule has 7 aliphatic heterocycles. The van der Waals surface area contributed by atoms with E-state index < -0.39 is 102 Å². The van der Waals surface area contributed by atoms with Crippen molar-refractivity contribution in [2.75, 3.05) is 14.2 Å². The number of aliphatic hydroxyl groups excluding tert-OH is 2. The summed E-state index contributed by atoms with van der Waals surface area (Å²) >= 11 is 0. The topological polar surface area (TPSA) is 213 Å². The van der Waals surface area contributed by atoms with Gasteiger partial charge in [-0.3, -0.25) is 0 Å². The maximum atomic E-state index is 11.7. The third-order valence-corrected chi connectivity index (χ3v) is 16.2. The molecule has 62 heavy (non-hydrogen) atoms. The monoisotopic (exact) mass is 894 g/mol. The van der Waals surface area contributed by atoms with E-state index in [0.29, 0.717) is 38.5 Å². The van der Waals surface area contributed by atoms with E-state index in [1.807, 2.05) is 34.6 Å². The molecule has 17 heteroatoms. The summed E-state index contributed by atoms with van der Waals surface area (Å²) < 4.78 is 65.0. The normalized spacial score (nSPS) is 54.0. The van der Waals surface area contributed by atoms with Crippen molar-refractivity contribution in [1.29, 1.82) is 0 Å². The molecule has 7 fully saturated rings. The van der Waals surface area contributed by atoms with E-state index in [9.17, 15) is 30.3 Å². The van der Waals surface area contributed by atoms with Crippen molar-refractivity contribution in [3.63, 3.8) is 0 Å². The zero-order valence-electron chi connectivity index (χ0n) is 39.2. The molecule has 0 aromatic carbocycles. The first-order chi connectivity index (χ1) is 28.5. The van der Waals surface area contributed by atoms with Gasteiger partial charge in [0.05, 0.1) is 72.2 Å². The van der Waals surface area contributed by atoms with Crippen molar-refractivity contribution in [3.05, 3.63) is 0 Å². The second-order valence-electron chi connectivity index (χ2n) is 20.7. The summed E-state index contributed by atoms with van der Waals surface area (Å²) in [5.74, 6) is -8.06. The minimum absolute atomic E-state index is 0. The molecule has 16 nitrogen and oxygen atoms in total. The van der Waals surface area contributed by atoms with E-state index in [0.717, 1.165) is 12.8 Å². The molecule has 1 spiro atoms. The van der Waals surface area contributed by atoms with Crippen LogP contribution in [0.25, 0.3) is 0 Å². The maximum absolute atomic E-state index is 11.7. The van der Waals surface area contributed by atoms with E-state index in [2.05, 4.69) is 13.8 Å². The molecule has 0 saturated carbocycles. The molecule has 0 aliphatic carbocycles. The number of aliphatic carboxylic acids is 1. The van der Waals surface area contributed by atoms with Crippen LogP contribution in [0.2, 0.25) is 0 Å². The SMILES string of the molecule is CO[C@@H]1[C@@H](O)[C@H](C)[C@@](O)(CC(=O)[O-])O[C@H]1[C@H](C)[C@@H]1O[C@@]2(CC[C@](C)([C@H]3CC[C@@](C)([C@@H]4O[C@@H]([C@H]5O[C@](C)(O)[C@H](C)C[C@@H]5C)C[C@@H]4O[C@H]4CC[C@H](OC)[C@@H](C)O4)O3)O2)C[C@H](O)[C@H]1C.[Na+]. The summed E-state index contributed by atoms with van der Waals surface area (Å²) in [6, 6.07) is 0. The fraction of sp³-hybridized carbons (Fsp3) is 0.978. The maximum Gasteiger partial charge on any atom is 1.00 e. The number of rotatable bonds is 11. The van der Waals surface area contributed by atoms with Gasteiger partial charge in [0, 0.05) is 76.0 Å². The summed E-state index contributed by atoms with van der Waals surface area (Å²) in [5, 5.41) is 57.1. The van der Waals surface area contributed by atoms with Crippen LogP contribution in [0.4, 0.5) is 0 Å². The Kier molecular flexibility index (Phi) is 15.8. The number of hydrogen-bond donors (Lipinski definition) is 4. The van der Waals surface area contributed by atoms with Crippen LogP contribution in [-0.4, -0.2) is 149 Å². The smallest absolute Gasteiger partial charge is 0.550 e. The second kappa shape index (κ2) is 19.1. The van der Waals surface area contributed by atoms with Gasteiger partial charge >= 0.3 is 29.6 Å². The van der Waals surface area contributed by atoms with Gasteiger partial charge in [-0.05, 0) is 65.7 Å². The molecular formula is C45H75NaO16. The molecule has 7 aliphatic rings. The van der Waals surface area contributed by atoms with E-state index >= 15 is 0 Å². The molecule has 7 rings (SSSR count). The molecule has 0 radical (unpaired) electrons. The van der Waals surface area contributed by atoms with Crippen LogP contribution in [0, 0.1) is 29.6 Å². The second-order valence-corrected chi connectivity index (χ2v) is 20.7. The Labute approximate surface area is 389 Å². The number of carboxylic acids is 1. The summed E-state index contributed by atoms with van der Waals surface area (Å²) in [5.41, 5.74) is -1.58. The number of hydrogen-bond acceptors (Lipinski definition) is 16. The zero-order valence-corrected chi connectivity index (χ0v) is 41.2. The number of carbonyl (C=O) groups excluding carboxylic acids is 1. The van der Waals surface area contributed by atoms with Crippen LogP contribution in [0.3, 0.4) is 0 Å². The third kappa shape index (κ3) is 9.77. The van der Waals surface area contributed by atoms with E-state index in [1.54, 1.807) is 14.0 Å². The standard InChI is InChI=1S/C45H76O16.Na/c1-22-18-23(2)43(9,50)58-36(22)30-19-31(55-34-13-12-29(52-10)27(6)54-34)40(56-30)42(8)15-14-32(57-42)41(7)16-17-44(61-41)20-28(46)24(3)37(59-44)25(4)38-39(53-11)35(49)26(5)45(51,60-38)21-33(47)48;/h22-32,34-40,46,49-51H,12-21H2,1-11H3,(H,47,48);/q;+1/p-1/t22-,23+,24+,25+,26-,27+,28-,29-,30+,31-,32+,34-,35-,36-,37+,38-,39+,40+,41+,42-,43-,44+,45+;/m0./s1. The Balaban J connectivity index is 0.00000641. The van der Waals surface area contributed by atoms with Crippen molar-refractivity contribution >= 4 is 5.97 Å². The van der Waals surface area contributed by atoms with Crippen LogP contribution in [0.1, 0.15) is 127 Å². The van der Waals surface area contributed by atoms with Crippen molar-refractivity contribution in [2.45, 2.75) is 235 Å². The molecule has 7 heterocycles. The minimum Gasteiger partial charge on any atom is -0.550 e. The average molecular weight is 895 g/mol. The molecule has 0 unspecified atom stereocenters. The van der Waals surface area contributed by atoms with Crippen LogP contribution in [0.15, 0.2) is 0 Å². The predicted octanol–water partition coefficient (Wildman–Crippen LogP) is -0.293. The first kappa shape index (κ1) is 51.3. The van der Waals surface area contributed by atoms with Gasteiger partial charge in [0.1, 0.15) is 12.2 Å². The Hall–Kier alpha value is -0.0900. The van der Waals surface area contributed by atoms with Crippen molar-refractivity contribution in [3.8, 4) is 0 Å². The van der Waals surface area contributed by atoms with Gasteiger partial charge in [0.25, 0.3) is 0 Å². The number of ether oxygens (including phenoxy) is 10. The van der Waals surface area contributed by atoms with Gasteiger partial charge in [0.15, 0.2) is 23.7 Å². The van der Waals surface area contributed by atoms with Crippen molar-refractivity contribution in [1.82, 2.24) is 0 Å². The molecule has 352 valence electrons. The average Bonchev–Trinajstić information content (AvgIpc) is 3.89. The zero-order chi connectivity index (χ0) is 44.6. The summed E-state index contributed by atoms with van der Waals surface area (Å²) in [7, 11) is 3.13. The van der Waals surface area contributed by atoms with Gasteiger partial charge in [-0.2, -0.15) is 0 Å². The number of carboxylic acid groups (broad SMARTS) is 1. The molecule has 0 aromatic rings. The number of carbonyl (C=O) groups is 1. The Morgan fingerprint density at radius 1 is 0.839 bits per heavy atom. The molecule has 0 amide bonds. The van der Waals surface area contributed by atoms with Gasteiger partial charge in [0.2, 0.25) is 0 Å². The van der Waals surface area contributed by atoms with Crippen LogP contribution in [-0.2, 0) is 52.2 Å². The van der Waals surface area contributed by atoms with Gasteiger partial charge in [-0.1, -0.05) is 34.6 Å². The number of aliphatic hydroxyl groups is 4. The summed E-state index contributed by atoms with van der Waals surface area (Å²) in [6.07, 6.45) is -2.54. The minimum atomic E-state index is -2.21. The van der Waals surface area contributed by atoms with Crippen LogP contribution < -0.4 is 34.7 Å². The van der Waals surface area contributed by atoms with Crippen molar-refractivity contribution in [2.24, 2.45) is 29.6 Å². The quantitative estimate of drug-likeness (QED) is 0.196. The van der Waals surface area contributed by atoms with Crippen molar-refractivity contribution < 1.29 is 107 Å². The largest absolute Gasteiger partial charge is 1.00 e. The molecule has 0 bridgehead atoms. The van der Waals surface area contributed by atoms with Crippen LogP contribution in [0.5, 0.6) is 0 Å². The van der Waals surface area contributed by atoms with E-state index in [4.69, 9.17) is 47.4 Å². The number of methoxy groups -OCH3 is 2. The van der Waals surface area contributed by atoms with Crippen LogP contribution >= 0.6 is 0 Å². The first-order valence-electron chi connectivity index (χ1n) is 22.9. The molecular weight excluding hydrogens is 819 g/mol. The Morgan fingerprint density at radius 2 is 1.55 bits per heavy atom. The Morgan fingerprint density at radius 3 is 2.19 bits per heavy atom. The van der Waals surface area contributed by atoms with Gasteiger partial charge in [-0.15, -0.1) is 0 Å². The predicted molar refractivity (Wildman–Crippen MR) is 214 cm³/mol. The van der Waals surface area contributed by atoms with Gasteiger partial charge in [-0.25, -0.2) is 0 Å². The van der Waals surface area contributed by atoms with Gasteiger partial charge < -0.3 is 77.7 Å². The fourth-order valence-corrected chi connectivity index (χ4v) is 12.0. The molecule has 4 N–H and O–H groups in total. The third-order valence-electron chi connectivity index (χ3n) is 16.2. The fourth-order valence-electron chi connectivity index (χ4n) is 12.0. The molecule has 7 saturated heterocycles. The molecule has 23 atom stereocenters. The molecule has 0 aromatic heterocycles. The van der Waals surface area contributed by atoms with E-state index in [-0.39, 0.29) is 84.4 Å². The summed E-state index contributed by atoms with van der Waals surface area (Å²) in [4.78, 5) is 11.7. The van der Waals surface area contributed by atoms with E-state index in [1.165, 1.54) is 14.0 Å².